The second kappa shape index (κ2) is 3.51. The van der Waals surface area contributed by atoms with Crippen molar-refractivity contribution >= 4 is 11.3 Å². The molecule has 0 amide bonds. The molecule has 0 aromatic carbocycles. The Kier molecular flexibility index (Phi) is 2.32. The second-order valence-corrected chi connectivity index (χ2v) is 3.54. The molecule has 0 aliphatic heterocycles. The Morgan fingerprint density at radius 2 is 2.27 bits per heavy atom. The van der Waals surface area contributed by atoms with Crippen LogP contribution in [-0.2, 0) is 4.74 Å². The Morgan fingerprint density at radius 1 is 1.53 bits per heavy atom. The molecule has 0 bridgehead atoms. The van der Waals surface area contributed by atoms with E-state index >= 15 is 0 Å². The van der Waals surface area contributed by atoms with Gasteiger partial charge in [0.15, 0.2) is 5.65 Å². The van der Waals surface area contributed by atoms with Gasteiger partial charge in [0.25, 0.3) is 0 Å². The molecule has 2 heterocycles. The van der Waals surface area contributed by atoms with Gasteiger partial charge in [-0.2, -0.15) is 5.10 Å². The van der Waals surface area contributed by atoms with Crippen LogP contribution in [0.3, 0.4) is 0 Å². The molecule has 1 unspecified atom stereocenters. The number of nitrogen functional groups attached to an aromatic ring is 1. The maximum absolute atomic E-state index is 5.88. The number of ether oxygens (including phenoxy) is 1. The van der Waals surface area contributed by atoms with Crippen LogP contribution in [0.5, 0.6) is 0 Å². The van der Waals surface area contributed by atoms with E-state index in [9.17, 15) is 0 Å². The van der Waals surface area contributed by atoms with Crippen molar-refractivity contribution in [3.8, 4) is 0 Å². The summed E-state index contributed by atoms with van der Waals surface area (Å²) in [6, 6.07) is 0. The maximum atomic E-state index is 5.88. The fourth-order valence-electron chi connectivity index (χ4n) is 1.61. The molecular formula is C10H14N4O. The lowest BCUT2D eigenvalue weighted by atomic mass is 10.1. The molecule has 0 saturated heterocycles. The van der Waals surface area contributed by atoms with Crippen molar-refractivity contribution in [2.24, 2.45) is 0 Å². The number of hydrogen-bond acceptors (Lipinski definition) is 4. The summed E-state index contributed by atoms with van der Waals surface area (Å²) >= 11 is 0. The van der Waals surface area contributed by atoms with E-state index in [1.165, 1.54) is 0 Å². The normalized spacial score (nSPS) is 13.3. The summed E-state index contributed by atoms with van der Waals surface area (Å²) in [6.45, 7) is 3.86. The minimum atomic E-state index is -0.0858. The third-order valence-electron chi connectivity index (χ3n) is 2.44. The first-order valence-electron chi connectivity index (χ1n) is 4.76. The molecule has 0 spiro atoms. The van der Waals surface area contributed by atoms with E-state index in [0.29, 0.717) is 5.69 Å². The minimum absolute atomic E-state index is 0.0858. The van der Waals surface area contributed by atoms with Gasteiger partial charge in [0.05, 0.1) is 29.9 Å². The highest BCUT2D eigenvalue weighted by Gasteiger charge is 2.15. The summed E-state index contributed by atoms with van der Waals surface area (Å²) in [7, 11) is 1.65. The van der Waals surface area contributed by atoms with Crippen LogP contribution in [0.25, 0.3) is 5.65 Å². The van der Waals surface area contributed by atoms with Gasteiger partial charge in [-0.1, -0.05) is 0 Å². The first-order chi connectivity index (χ1) is 7.13. The van der Waals surface area contributed by atoms with E-state index in [0.717, 1.165) is 16.9 Å². The van der Waals surface area contributed by atoms with E-state index in [4.69, 9.17) is 10.5 Å². The van der Waals surface area contributed by atoms with Crippen LogP contribution in [0.1, 0.15) is 24.3 Å². The summed E-state index contributed by atoms with van der Waals surface area (Å²) in [5.74, 6) is 0. The second-order valence-electron chi connectivity index (χ2n) is 3.54. The number of imidazole rings is 1. The smallest absolute Gasteiger partial charge is 0.161 e. The zero-order valence-corrected chi connectivity index (χ0v) is 9.06. The van der Waals surface area contributed by atoms with Crippen LogP contribution < -0.4 is 5.73 Å². The number of anilines is 1. The standard InChI is InChI=1S/C10H14N4O/c1-6-5-14-10(13-6)9(7(2)15-3)8(11)4-12-14/h4-5,7H,11H2,1-3H3. The molecule has 15 heavy (non-hydrogen) atoms. The molecule has 2 aromatic heterocycles. The Labute approximate surface area is 87.9 Å². The third kappa shape index (κ3) is 1.55. The first-order valence-corrected chi connectivity index (χ1v) is 4.76. The summed E-state index contributed by atoms with van der Waals surface area (Å²) in [5, 5.41) is 4.15. The highest BCUT2D eigenvalue weighted by molar-refractivity contribution is 5.61. The summed E-state index contributed by atoms with van der Waals surface area (Å²) in [6.07, 6.45) is 3.40. The quantitative estimate of drug-likeness (QED) is 0.805. The van der Waals surface area contributed by atoms with Gasteiger partial charge in [-0.3, -0.25) is 0 Å². The Morgan fingerprint density at radius 3 is 2.93 bits per heavy atom. The SMILES string of the molecule is COC(C)c1c(N)cnn2cc(C)nc12. The van der Waals surface area contributed by atoms with Gasteiger partial charge in [0, 0.05) is 12.7 Å². The van der Waals surface area contributed by atoms with Gasteiger partial charge in [-0.25, -0.2) is 9.50 Å². The van der Waals surface area contributed by atoms with E-state index in [1.54, 1.807) is 17.8 Å². The summed E-state index contributed by atoms with van der Waals surface area (Å²) in [5.41, 5.74) is 9.06. The van der Waals surface area contributed by atoms with Crippen molar-refractivity contribution in [3.05, 3.63) is 23.7 Å². The van der Waals surface area contributed by atoms with Crippen molar-refractivity contribution in [3.63, 3.8) is 0 Å². The summed E-state index contributed by atoms with van der Waals surface area (Å²) in [4.78, 5) is 4.38. The highest BCUT2D eigenvalue weighted by atomic mass is 16.5. The number of aromatic nitrogens is 3. The molecule has 5 nitrogen and oxygen atoms in total. The van der Waals surface area contributed by atoms with Crippen LogP contribution in [-0.4, -0.2) is 21.7 Å². The molecule has 0 aliphatic carbocycles. The zero-order chi connectivity index (χ0) is 11.0. The Balaban J connectivity index is 2.73. The van der Waals surface area contributed by atoms with E-state index in [1.807, 2.05) is 20.0 Å². The van der Waals surface area contributed by atoms with Gasteiger partial charge < -0.3 is 10.5 Å². The summed E-state index contributed by atoms with van der Waals surface area (Å²) < 4.78 is 6.99. The first kappa shape index (κ1) is 9.92. The largest absolute Gasteiger partial charge is 0.397 e. The molecule has 2 rings (SSSR count). The highest BCUT2D eigenvalue weighted by Crippen LogP contribution is 2.25. The number of rotatable bonds is 2. The number of hydrogen-bond donors (Lipinski definition) is 1. The number of fused-ring (bicyclic) bond motifs is 1. The van der Waals surface area contributed by atoms with Crippen LogP contribution >= 0.6 is 0 Å². The molecular weight excluding hydrogens is 192 g/mol. The van der Waals surface area contributed by atoms with E-state index in [-0.39, 0.29) is 6.10 Å². The number of nitrogens with zero attached hydrogens (tertiary/aromatic N) is 3. The van der Waals surface area contributed by atoms with Gasteiger partial charge in [-0.15, -0.1) is 0 Å². The molecule has 80 valence electrons. The molecule has 5 heteroatoms. The van der Waals surface area contributed by atoms with Crippen molar-refractivity contribution < 1.29 is 4.74 Å². The number of aryl methyl sites for hydroxylation is 1. The molecule has 2 N–H and O–H groups in total. The lowest BCUT2D eigenvalue weighted by Gasteiger charge is -2.12. The van der Waals surface area contributed by atoms with Crippen LogP contribution in [0, 0.1) is 6.92 Å². The van der Waals surface area contributed by atoms with Crippen molar-refractivity contribution in [1.29, 1.82) is 0 Å². The average molecular weight is 206 g/mol. The van der Waals surface area contributed by atoms with Gasteiger partial charge >= 0.3 is 0 Å². The lowest BCUT2D eigenvalue weighted by molar-refractivity contribution is 0.121. The van der Waals surface area contributed by atoms with Gasteiger partial charge in [0.1, 0.15) is 0 Å². The third-order valence-corrected chi connectivity index (χ3v) is 2.44. The van der Waals surface area contributed by atoms with Crippen molar-refractivity contribution in [2.45, 2.75) is 20.0 Å². The van der Waals surface area contributed by atoms with Crippen LogP contribution in [0.15, 0.2) is 12.4 Å². The topological polar surface area (TPSA) is 65.4 Å². The predicted molar refractivity (Wildman–Crippen MR) is 57.6 cm³/mol. The van der Waals surface area contributed by atoms with Crippen LogP contribution in [0.4, 0.5) is 5.69 Å². The minimum Gasteiger partial charge on any atom is -0.397 e. The van der Waals surface area contributed by atoms with Crippen molar-refractivity contribution in [2.75, 3.05) is 12.8 Å². The predicted octanol–water partition coefficient (Wildman–Crippen LogP) is 1.33. The van der Waals surface area contributed by atoms with E-state index in [2.05, 4.69) is 10.1 Å². The van der Waals surface area contributed by atoms with Crippen molar-refractivity contribution in [1.82, 2.24) is 14.6 Å². The molecule has 1 atom stereocenters. The molecule has 0 radical (unpaired) electrons. The molecule has 2 aromatic rings. The van der Waals surface area contributed by atoms with E-state index < -0.39 is 0 Å². The maximum Gasteiger partial charge on any atom is 0.161 e. The van der Waals surface area contributed by atoms with Gasteiger partial charge in [-0.05, 0) is 13.8 Å². The zero-order valence-electron chi connectivity index (χ0n) is 9.06. The Bertz CT molecular complexity index is 491. The molecule has 0 aliphatic rings. The molecule has 0 saturated carbocycles. The van der Waals surface area contributed by atoms with Gasteiger partial charge in [0.2, 0.25) is 0 Å². The van der Waals surface area contributed by atoms with Crippen LogP contribution in [0.2, 0.25) is 0 Å². The fourth-order valence-corrected chi connectivity index (χ4v) is 1.61. The monoisotopic (exact) mass is 206 g/mol. The molecule has 0 fully saturated rings. The fraction of sp³-hybridized carbons (Fsp3) is 0.400. The Hall–Kier alpha value is -1.62. The lowest BCUT2D eigenvalue weighted by Crippen LogP contribution is -2.06. The number of methoxy groups -OCH3 is 1. The average Bonchev–Trinajstić information content (AvgIpc) is 2.57. The number of nitrogens with two attached hydrogens (primary N) is 1.